The molecule has 0 unspecified atom stereocenters. The summed E-state index contributed by atoms with van der Waals surface area (Å²) in [6.45, 7) is 0. The van der Waals surface area contributed by atoms with Crippen LogP contribution in [0, 0.1) is 0 Å². The summed E-state index contributed by atoms with van der Waals surface area (Å²) in [5.74, 6) is 0. The van der Waals surface area contributed by atoms with Gasteiger partial charge in [0.25, 0.3) is 0 Å². The summed E-state index contributed by atoms with van der Waals surface area (Å²) in [5, 5.41) is 5.19. The molecule has 36 heavy (non-hydrogen) atoms. The lowest BCUT2D eigenvalue weighted by Crippen LogP contribution is -2.31. The standard InChI is InChI=1S/C33H25N3/c1-4-14-27(15-5-1)33(28-16-6-2-7-17-28,32-22-24-36(35-32)30-19-8-3-9-20-30)29-18-12-13-26(25-29)31-21-10-11-23-34-31/h1-25H. The van der Waals surface area contributed by atoms with E-state index in [2.05, 4.69) is 114 Å². The van der Waals surface area contributed by atoms with Gasteiger partial charge in [-0.3, -0.25) is 4.98 Å². The minimum Gasteiger partial charge on any atom is -0.256 e. The molecule has 0 aliphatic rings. The van der Waals surface area contributed by atoms with Gasteiger partial charge in [-0.1, -0.05) is 103 Å². The van der Waals surface area contributed by atoms with Crippen LogP contribution in [-0.2, 0) is 5.41 Å². The predicted octanol–water partition coefficient (Wildman–Crippen LogP) is 7.32. The highest BCUT2D eigenvalue weighted by Gasteiger charge is 2.40. The second-order valence-corrected chi connectivity index (χ2v) is 8.76. The van der Waals surface area contributed by atoms with E-state index in [1.807, 2.05) is 47.4 Å². The van der Waals surface area contributed by atoms with Crippen molar-refractivity contribution in [3.8, 4) is 16.9 Å². The number of hydrogen-bond acceptors (Lipinski definition) is 2. The summed E-state index contributed by atoms with van der Waals surface area (Å²) in [5.41, 5.74) is 6.86. The Labute approximate surface area is 211 Å². The number of pyridine rings is 1. The third-order valence-electron chi connectivity index (χ3n) is 6.66. The van der Waals surface area contributed by atoms with Gasteiger partial charge in [-0.15, -0.1) is 0 Å². The Morgan fingerprint density at radius 3 is 1.78 bits per heavy atom. The molecule has 0 amide bonds. The molecule has 172 valence electrons. The van der Waals surface area contributed by atoms with E-state index in [-0.39, 0.29) is 0 Å². The summed E-state index contributed by atoms with van der Waals surface area (Å²) in [4.78, 5) is 4.61. The largest absolute Gasteiger partial charge is 0.256 e. The number of para-hydroxylation sites is 1. The lowest BCUT2D eigenvalue weighted by atomic mass is 9.67. The summed E-state index contributed by atoms with van der Waals surface area (Å²) < 4.78 is 1.96. The molecule has 0 fully saturated rings. The van der Waals surface area contributed by atoms with Crippen molar-refractivity contribution >= 4 is 0 Å². The van der Waals surface area contributed by atoms with Crippen molar-refractivity contribution in [2.24, 2.45) is 0 Å². The Bertz CT molecular complexity index is 1520. The molecule has 6 aromatic rings. The van der Waals surface area contributed by atoms with E-state index in [0.29, 0.717) is 0 Å². The van der Waals surface area contributed by atoms with Crippen LogP contribution >= 0.6 is 0 Å². The Balaban J connectivity index is 1.65. The molecule has 0 saturated carbocycles. The van der Waals surface area contributed by atoms with Crippen LogP contribution in [-0.4, -0.2) is 14.8 Å². The van der Waals surface area contributed by atoms with Crippen molar-refractivity contribution in [2.45, 2.75) is 5.41 Å². The first kappa shape index (κ1) is 21.8. The van der Waals surface area contributed by atoms with Gasteiger partial charge in [0, 0.05) is 18.0 Å². The van der Waals surface area contributed by atoms with Gasteiger partial charge < -0.3 is 0 Å². The van der Waals surface area contributed by atoms with Crippen molar-refractivity contribution in [1.29, 1.82) is 0 Å². The lowest BCUT2D eigenvalue weighted by molar-refractivity contribution is 0.691. The van der Waals surface area contributed by atoms with Gasteiger partial charge in [-0.2, -0.15) is 5.10 Å². The first-order valence-electron chi connectivity index (χ1n) is 12.1. The highest BCUT2D eigenvalue weighted by Crippen LogP contribution is 2.45. The van der Waals surface area contributed by atoms with Crippen LogP contribution in [0.2, 0.25) is 0 Å². The molecule has 4 aromatic carbocycles. The summed E-state index contributed by atoms with van der Waals surface area (Å²) in [6, 6.07) is 48.4. The SMILES string of the molecule is c1ccc(-n2ccc(C(c3ccccc3)(c3ccccc3)c3cccc(-c4ccccn4)c3)n2)cc1. The van der Waals surface area contributed by atoms with Crippen LogP contribution in [0.4, 0.5) is 0 Å². The number of rotatable bonds is 6. The minimum absolute atomic E-state index is 0.618. The highest BCUT2D eigenvalue weighted by molar-refractivity contribution is 5.65. The maximum Gasteiger partial charge on any atom is 0.0892 e. The molecule has 0 spiro atoms. The van der Waals surface area contributed by atoms with Gasteiger partial charge in [0.2, 0.25) is 0 Å². The van der Waals surface area contributed by atoms with E-state index < -0.39 is 5.41 Å². The Morgan fingerprint density at radius 2 is 1.14 bits per heavy atom. The molecule has 0 radical (unpaired) electrons. The van der Waals surface area contributed by atoms with Crippen LogP contribution in [0.3, 0.4) is 0 Å². The van der Waals surface area contributed by atoms with Crippen LogP contribution in [0.5, 0.6) is 0 Å². The molecule has 2 aromatic heterocycles. The molecule has 3 nitrogen and oxygen atoms in total. The normalized spacial score (nSPS) is 11.3. The number of nitrogens with zero attached hydrogens (tertiary/aromatic N) is 3. The molecule has 0 saturated heterocycles. The Kier molecular flexibility index (Phi) is 5.72. The average molecular weight is 464 g/mol. The maximum absolute atomic E-state index is 5.19. The average Bonchev–Trinajstić information content (AvgIpc) is 3.46. The van der Waals surface area contributed by atoms with E-state index in [0.717, 1.165) is 39.3 Å². The summed E-state index contributed by atoms with van der Waals surface area (Å²) in [7, 11) is 0. The molecule has 0 N–H and O–H groups in total. The Hall–Kier alpha value is -4.76. The number of aromatic nitrogens is 3. The fourth-order valence-electron chi connectivity index (χ4n) is 5.01. The fraction of sp³-hybridized carbons (Fsp3) is 0.0303. The van der Waals surface area contributed by atoms with Crippen molar-refractivity contribution < 1.29 is 0 Å². The van der Waals surface area contributed by atoms with Crippen molar-refractivity contribution in [3.63, 3.8) is 0 Å². The number of benzene rings is 4. The van der Waals surface area contributed by atoms with Crippen molar-refractivity contribution in [2.75, 3.05) is 0 Å². The molecular weight excluding hydrogens is 438 g/mol. The van der Waals surface area contributed by atoms with Gasteiger partial charge in [0.15, 0.2) is 0 Å². The Morgan fingerprint density at radius 1 is 0.528 bits per heavy atom. The molecule has 6 rings (SSSR count). The fourth-order valence-corrected chi connectivity index (χ4v) is 5.01. The lowest BCUT2D eigenvalue weighted by Gasteiger charge is -2.35. The second-order valence-electron chi connectivity index (χ2n) is 8.76. The van der Waals surface area contributed by atoms with E-state index in [1.54, 1.807) is 0 Å². The molecule has 0 atom stereocenters. The van der Waals surface area contributed by atoms with Gasteiger partial charge in [-0.25, -0.2) is 4.68 Å². The van der Waals surface area contributed by atoms with Crippen molar-refractivity contribution in [3.05, 3.63) is 174 Å². The highest BCUT2D eigenvalue weighted by atomic mass is 15.3. The predicted molar refractivity (Wildman–Crippen MR) is 145 cm³/mol. The van der Waals surface area contributed by atoms with E-state index in [1.165, 1.54) is 0 Å². The minimum atomic E-state index is -0.618. The molecular formula is C33H25N3. The van der Waals surface area contributed by atoms with Gasteiger partial charge in [-0.05, 0) is 53.1 Å². The van der Waals surface area contributed by atoms with E-state index >= 15 is 0 Å². The zero-order valence-corrected chi connectivity index (χ0v) is 19.8. The molecule has 2 heterocycles. The zero-order valence-electron chi connectivity index (χ0n) is 19.8. The third-order valence-corrected chi connectivity index (χ3v) is 6.66. The molecule has 0 aliphatic carbocycles. The van der Waals surface area contributed by atoms with Crippen LogP contribution < -0.4 is 0 Å². The van der Waals surface area contributed by atoms with Crippen molar-refractivity contribution in [1.82, 2.24) is 14.8 Å². The quantitative estimate of drug-likeness (QED) is 0.242. The second kappa shape index (κ2) is 9.47. The van der Waals surface area contributed by atoms with Crippen LogP contribution in [0.1, 0.15) is 22.4 Å². The third kappa shape index (κ3) is 3.81. The monoisotopic (exact) mass is 463 g/mol. The van der Waals surface area contributed by atoms with Gasteiger partial charge in [0.1, 0.15) is 0 Å². The first-order chi connectivity index (χ1) is 17.9. The van der Waals surface area contributed by atoms with E-state index in [9.17, 15) is 0 Å². The smallest absolute Gasteiger partial charge is 0.0892 e. The molecule has 3 heteroatoms. The summed E-state index contributed by atoms with van der Waals surface area (Å²) in [6.07, 6.45) is 3.89. The maximum atomic E-state index is 5.19. The van der Waals surface area contributed by atoms with Gasteiger partial charge in [0.05, 0.1) is 22.5 Å². The number of hydrogen-bond donors (Lipinski definition) is 0. The molecule has 0 aliphatic heterocycles. The van der Waals surface area contributed by atoms with Gasteiger partial charge >= 0.3 is 0 Å². The summed E-state index contributed by atoms with van der Waals surface area (Å²) >= 11 is 0. The first-order valence-corrected chi connectivity index (χ1v) is 12.1. The van der Waals surface area contributed by atoms with Crippen LogP contribution in [0.15, 0.2) is 152 Å². The van der Waals surface area contributed by atoms with E-state index in [4.69, 9.17) is 5.10 Å². The topological polar surface area (TPSA) is 30.7 Å². The molecule has 0 bridgehead atoms. The zero-order chi connectivity index (χ0) is 24.2. The van der Waals surface area contributed by atoms with Crippen LogP contribution in [0.25, 0.3) is 16.9 Å².